The highest BCUT2D eigenvalue weighted by Crippen LogP contribution is 2.16. The molecule has 0 bridgehead atoms. The van der Waals surface area contributed by atoms with Crippen LogP contribution in [0.4, 0.5) is 8.78 Å². The first-order valence-corrected chi connectivity index (χ1v) is 7.77. The van der Waals surface area contributed by atoms with Crippen LogP contribution in [0.15, 0.2) is 18.2 Å². The molecule has 0 aromatic heterocycles. The van der Waals surface area contributed by atoms with Gasteiger partial charge >= 0.3 is 0 Å². The first-order chi connectivity index (χ1) is 9.56. The summed E-state index contributed by atoms with van der Waals surface area (Å²) in [6.07, 6.45) is 0.404. The van der Waals surface area contributed by atoms with Gasteiger partial charge in [0.1, 0.15) is 0 Å². The number of nitrogens with one attached hydrogen (secondary N) is 2. The van der Waals surface area contributed by atoms with E-state index in [9.17, 15) is 13.6 Å². The second-order valence-electron chi connectivity index (χ2n) is 4.89. The minimum absolute atomic E-state index is 0.0813. The average Bonchev–Trinajstić information content (AvgIpc) is 2.42. The van der Waals surface area contributed by atoms with Crippen molar-refractivity contribution in [2.45, 2.75) is 25.4 Å². The maximum absolute atomic E-state index is 13.1. The van der Waals surface area contributed by atoms with E-state index in [4.69, 9.17) is 0 Å². The van der Waals surface area contributed by atoms with Crippen LogP contribution in [0.1, 0.15) is 24.9 Å². The van der Waals surface area contributed by atoms with Crippen molar-refractivity contribution < 1.29 is 13.6 Å². The van der Waals surface area contributed by atoms with Gasteiger partial charge < -0.3 is 10.6 Å². The molecule has 1 aliphatic rings. The van der Waals surface area contributed by atoms with E-state index in [1.807, 2.05) is 11.8 Å². The van der Waals surface area contributed by atoms with E-state index >= 15 is 0 Å². The van der Waals surface area contributed by atoms with Crippen LogP contribution in [-0.2, 0) is 4.79 Å². The Morgan fingerprint density at radius 3 is 2.95 bits per heavy atom. The summed E-state index contributed by atoms with van der Waals surface area (Å²) in [6, 6.07) is 3.53. The minimum atomic E-state index is -0.894. The van der Waals surface area contributed by atoms with Crippen LogP contribution in [0.2, 0.25) is 0 Å². The monoisotopic (exact) mass is 300 g/mol. The van der Waals surface area contributed by atoms with Gasteiger partial charge in [-0.1, -0.05) is 6.07 Å². The number of carbonyl (C=O) groups excluding carboxylic acids is 1. The molecule has 1 aromatic rings. The summed E-state index contributed by atoms with van der Waals surface area (Å²) in [7, 11) is 0. The smallest absolute Gasteiger partial charge is 0.222 e. The molecule has 1 aromatic carbocycles. The van der Waals surface area contributed by atoms with Crippen LogP contribution in [0.25, 0.3) is 0 Å². The van der Waals surface area contributed by atoms with Crippen LogP contribution in [0.5, 0.6) is 0 Å². The van der Waals surface area contributed by atoms with Crippen molar-refractivity contribution in [3.05, 3.63) is 35.4 Å². The first-order valence-electron chi connectivity index (χ1n) is 6.61. The molecule has 0 spiro atoms. The molecule has 3 nitrogen and oxygen atoms in total. The van der Waals surface area contributed by atoms with Gasteiger partial charge in [0, 0.05) is 30.5 Å². The molecule has 110 valence electrons. The van der Waals surface area contributed by atoms with Gasteiger partial charge in [-0.2, -0.15) is 11.8 Å². The van der Waals surface area contributed by atoms with Crippen LogP contribution in [0.3, 0.4) is 0 Å². The standard InChI is InChI=1S/C14H18F2N2OS/c1-9(10-2-3-12(15)13(16)6-10)18-14(19)7-11-8-20-5-4-17-11/h2-3,6,9,11,17H,4-5,7-8H2,1H3,(H,18,19). The Bertz CT molecular complexity index is 478. The predicted molar refractivity (Wildman–Crippen MR) is 76.6 cm³/mol. The zero-order chi connectivity index (χ0) is 14.5. The molecular weight excluding hydrogens is 282 g/mol. The van der Waals surface area contributed by atoms with Gasteiger partial charge in [-0.15, -0.1) is 0 Å². The Morgan fingerprint density at radius 1 is 1.50 bits per heavy atom. The minimum Gasteiger partial charge on any atom is -0.350 e. The highest BCUT2D eigenvalue weighted by atomic mass is 32.2. The largest absolute Gasteiger partial charge is 0.350 e. The number of thioether (sulfide) groups is 1. The Hall–Kier alpha value is -1.14. The molecule has 1 aliphatic heterocycles. The number of halogens is 2. The maximum Gasteiger partial charge on any atom is 0.222 e. The summed E-state index contributed by atoms with van der Waals surface area (Å²) < 4.78 is 26.0. The summed E-state index contributed by atoms with van der Waals surface area (Å²) in [5.41, 5.74) is 0.559. The van der Waals surface area contributed by atoms with Gasteiger partial charge in [-0.05, 0) is 24.6 Å². The average molecular weight is 300 g/mol. The summed E-state index contributed by atoms with van der Waals surface area (Å²) in [4.78, 5) is 11.9. The number of benzene rings is 1. The van der Waals surface area contributed by atoms with Gasteiger partial charge in [-0.25, -0.2) is 8.78 Å². The van der Waals surface area contributed by atoms with E-state index in [0.29, 0.717) is 12.0 Å². The quantitative estimate of drug-likeness (QED) is 0.896. The highest BCUT2D eigenvalue weighted by Gasteiger charge is 2.18. The van der Waals surface area contributed by atoms with Crippen molar-refractivity contribution >= 4 is 17.7 Å². The zero-order valence-electron chi connectivity index (χ0n) is 11.3. The highest BCUT2D eigenvalue weighted by molar-refractivity contribution is 7.99. The van der Waals surface area contributed by atoms with Crippen molar-refractivity contribution in [3.8, 4) is 0 Å². The van der Waals surface area contributed by atoms with E-state index in [0.717, 1.165) is 30.2 Å². The summed E-state index contributed by atoms with van der Waals surface area (Å²) in [6.45, 7) is 2.68. The number of hydrogen-bond acceptors (Lipinski definition) is 3. The van der Waals surface area contributed by atoms with Crippen LogP contribution < -0.4 is 10.6 Å². The third kappa shape index (κ3) is 4.18. The number of amides is 1. The Kier molecular flexibility index (Phi) is 5.37. The van der Waals surface area contributed by atoms with Gasteiger partial charge in [0.15, 0.2) is 11.6 Å². The van der Waals surface area contributed by atoms with Crippen molar-refractivity contribution in [3.63, 3.8) is 0 Å². The van der Waals surface area contributed by atoms with Crippen LogP contribution in [-0.4, -0.2) is 30.0 Å². The second-order valence-corrected chi connectivity index (χ2v) is 6.04. The maximum atomic E-state index is 13.1. The lowest BCUT2D eigenvalue weighted by Crippen LogP contribution is -2.41. The van der Waals surface area contributed by atoms with E-state index in [2.05, 4.69) is 10.6 Å². The molecule has 0 saturated carbocycles. The van der Waals surface area contributed by atoms with E-state index in [1.54, 1.807) is 6.92 Å². The van der Waals surface area contributed by atoms with E-state index in [1.165, 1.54) is 6.07 Å². The lowest BCUT2D eigenvalue weighted by Gasteiger charge is -2.23. The molecule has 6 heteroatoms. The summed E-state index contributed by atoms with van der Waals surface area (Å²) in [5, 5.41) is 6.10. The number of rotatable bonds is 4. The SMILES string of the molecule is CC(NC(=O)CC1CSCCN1)c1ccc(F)c(F)c1. The fourth-order valence-corrected chi connectivity index (χ4v) is 3.09. The molecule has 20 heavy (non-hydrogen) atoms. The Balaban J connectivity index is 1.87. The fourth-order valence-electron chi connectivity index (χ4n) is 2.14. The van der Waals surface area contributed by atoms with Crippen molar-refractivity contribution in [2.75, 3.05) is 18.1 Å². The lowest BCUT2D eigenvalue weighted by atomic mass is 10.1. The molecule has 2 rings (SSSR count). The Labute approximate surface area is 121 Å². The lowest BCUT2D eigenvalue weighted by molar-refractivity contribution is -0.122. The van der Waals surface area contributed by atoms with Gasteiger partial charge in [0.2, 0.25) is 5.91 Å². The molecule has 0 aliphatic carbocycles. The number of hydrogen-bond donors (Lipinski definition) is 2. The van der Waals surface area contributed by atoms with Gasteiger partial charge in [-0.3, -0.25) is 4.79 Å². The third-order valence-electron chi connectivity index (χ3n) is 3.25. The van der Waals surface area contributed by atoms with Crippen LogP contribution in [0, 0.1) is 11.6 Å². The topological polar surface area (TPSA) is 41.1 Å². The molecule has 0 radical (unpaired) electrons. The van der Waals surface area contributed by atoms with E-state index < -0.39 is 11.6 Å². The molecule has 2 unspecified atom stereocenters. The van der Waals surface area contributed by atoms with E-state index in [-0.39, 0.29) is 18.0 Å². The summed E-state index contributed by atoms with van der Waals surface area (Å²) in [5.74, 6) is 0.142. The molecule has 1 amide bonds. The van der Waals surface area contributed by atoms with Crippen molar-refractivity contribution in [1.29, 1.82) is 0 Å². The molecule has 2 N–H and O–H groups in total. The molecule has 1 heterocycles. The molecule has 1 fully saturated rings. The van der Waals surface area contributed by atoms with Crippen LogP contribution >= 0.6 is 11.8 Å². The zero-order valence-corrected chi connectivity index (χ0v) is 12.1. The molecule has 1 saturated heterocycles. The predicted octanol–water partition coefficient (Wildman–Crippen LogP) is 2.24. The molecule has 2 atom stereocenters. The number of carbonyl (C=O) groups is 1. The normalized spacial score (nSPS) is 20.4. The van der Waals surface area contributed by atoms with Crippen molar-refractivity contribution in [2.24, 2.45) is 0 Å². The fraction of sp³-hybridized carbons (Fsp3) is 0.500. The third-order valence-corrected chi connectivity index (χ3v) is 4.38. The first kappa shape index (κ1) is 15.3. The van der Waals surface area contributed by atoms with Gasteiger partial charge in [0.25, 0.3) is 0 Å². The Morgan fingerprint density at radius 2 is 2.30 bits per heavy atom. The molecular formula is C14H18F2N2OS. The van der Waals surface area contributed by atoms with Gasteiger partial charge in [0.05, 0.1) is 6.04 Å². The summed E-state index contributed by atoms with van der Waals surface area (Å²) >= 11 is 1.83. The second kappa shape index (κ2) is 7.04. The van der Waals surface area contributed by atoms with Crippen molar-refractivity contribution in [1.82, 2.24) is 10.6 Å².